The van der Waals surface area contributed by atoms with Crippen LogP contribution in [-0.2, 0) is 15.3 Å². The average molecular weight is 205 g/mol. The molecule has 4 nitrogen and oxygen atoms in total. The molecule has 0 aliphatic carbocycles. The topological polar surface area (TPSA) is 52.4 Å². The van der Waals surface area contributed by atoms with E-state index in [1.807, 2.05) is 19.1 Å². The maximum absolute atomic E-state index is 11.5. The predicted octanol–water partition coefficient (Wildman–Crippen LogP) is 1.31. The molecule has 0 saturated carbocycles. The van der Waals surface area contributed by atoms with E-state index < -0.39 is 11.7 Å². The van der Waals surface area contributed by atoms with E-state index in [1.54, 1.807) is 19.1 Å². The summed E-state index contributed by atoms with van der Waals surface area (Å²) in [6.45, 7) is 3.53. The van der Waals surface area contributed by atoms with Gasteiger partial charge < -0.3 is 9.94 Å². The van der Waals surface area contributed by atoms with Crippen molar-refractivity contribution in [3.63, 3.8) is 0 Å². The highest BCUT2D eigenvalue weighted by molar-refractivity contribution is 6.22. The number of ether oxygens (including phenoxy) is 1. The van der Waals surface area contributed by atoms with Gasteiger partial charge in [-0.1, -0.05) is 17.7 Å². The summed E-state index contributed by atoms with van der Waals surface area (Å²) in [5, 5.41) is 11.5. The molecule has 0 spiro atoms. The van der Waals surface area contributed by atoms with Crippen LogP contribution >= 0.6 is 0 Å². The zero-order chi connectivity index (χ0) is 11.1. The maximum Gasteiger partial charge on any atom is 0.402 e. The molecule has 0 N–H and O–H groups in total. The van der Waals surface area contributed by atoms with E-state index in [4.69, 9.17) is 4.74 Å². The second kappa shape index (κ2) is 3.08. The summed E-state index contributed by atoms with van der Waals surface area (Å²) in [6.07, 6.45) is 0.917. The zero-order valence-electron chi connectivity index (χ0n) is 8.56. The van der Waals surface area contributed by atoms with Crippen LogP contribution in [-0.4, -0.2) is 16.9 Å². The van der Waals surface area contributed by atoms with Gasteiger partial charge in [-0.15, -0.1) is 0 Å². The number of carbonyl (C=O) groups excluding carboxylic acids is 1. The molecule has 0 bridgehead atoms. The summed E-state index contributed by atoms with van der Waals surface area (Å²) < 4.78 is 5.55. The van der Waals surface area contributed by atoms with Crippen LogP contribution in [0.25, 0.3) is 0 Å². The fourth-order valence-corrected chi connectivity index (χ4v) is 1.54. The Kier molecular flexibility index (Phi) is 2.00. The van der Waals surface area contributed by atoms with Crippen molar-refractivity contribution >= 4 is 12.2 Å². The minimum absolute atomic E-state index is 0.542. The first-order valence-electron chi connectivity index (χ1n) is 4.64. The molecule has 1 aliphatic rings. The van der Waals surface area contributed by atoms with Crippen LogP contribution in [0.2, 0.25) is 0 Å². The Morgan fingerprint density at radius 3 is 2.40 bits per heavy atom. The second-order valence-corrected chi connectivity index (χ2v) is 3.72. The number of nitrogens with zero attached hydrogens (tertiary/aromatic N) is 1. The average Bonchev–Trinajstić information content (AvgIpc) is 2.42. The first kappa shape index (κ1) is 9.71. The standard InChI is InChI=1S/C11H11NO3/c1-8-3-5-9(6-4-8)11(2)12(14)7-10(13)15-11/h3-7H,1-2H3. The van der Waals surface area contributed by atoms with Gasteiger partial charge >= 0.3 is 11.7 Å². The van der Waals surface area contributed by atoms with E-state index in [0.29, 0.717) is 10.3 Å². The summed E-state index contributed by atoms with van der Waals surface area (Å²) >= 11 is 0. The minimum atomic E-state index is -1.22. The lowest BCUT2D eigenvalue weighted by Gasteiger charge is -2.21. The van der Waals surface area contributed by atoms with E-state index in [2.05, 4.69) is 0 Å². The van der Waals surface area contributed by atoms with E-state index in [9.17, 15) is 10.0 Å². The second-order valence-electron chi connectivity index (χ2n) is 3.72. The number of hydroxylamine groups is 1. The monoisotopic (exact) mass is 205 g/mol. The van der Waals surface area contributed by atoms with Gasteiger partial charge in [0.2, 0.25) is 0 Å². The molecule has 0 aromatic heterocycles. The molecule has 4 heteroatoms. The summed E-state index contributed by atoms with van der Waals surface area (Å²) in [6, 6.07) is 7.32. The molecule has 0 radical (unpaired) electrons. The SMILES string of the molecule is Cc1ccc(C2(C)OC(=O)C=[N+]2[O-])cc1. The van der Waals surface area contributed by atoms with Crippen LogP contribution in [0.15, 0.2) is 24.3 Å². The Morgan fingerprint density at radius 2 is 1.93 bits per heavy atom. The number of hydrogen-bond acceptors (Lipinski definition) is 3. The summed E-state index contributed by atoms with van der Waals surface area (Å²) in [4.78, 5) is 11.0. The van der Waals surface area contributed by atoms with E-state index >= 15 is 0 Å². The molecule has 0 amide bonds. The van der Waals surface area contributed by atoms with Crippen molar-refractivity contribution in [2.45, 2.75) is 19.6 Å². The molecule has 1 aromatic carbocycles. The first-order valence-corrected chi connectivity index (χ1v) is 4.64. The van der Waals surface area contributed by atoms with Crippen molar-refractivity contribution in [1.29, 1.82) is 0 Å². The number of benzene rings is 1. The van der Waals surface area contributed by atoms with Crippen molar-refractivity contribution in [2.75, 3.05) is 0 Å². The summed E-state index contributed by atoms with van der Waals surface area (Å²) in [7, 11) is 0. The molecule has 15 heavy (non-hydrogen) atoms. The third-order valence-corrected chi connectivity index (χ3v) is 2.53. The number of carbonyl (C=O) groups is 1. The Bertz CT molecular complexity index is 436. The lowest BCUT2D eigenvalue weighted by molar-refractivity contribution is -0.592. The molecule has 0 fully saturated rings. The molecule has 1 aliphatic heterocycles. The summed E-state index contributed by atoms with van der Waals surface area (Å²) in [5.41, 5.74) is 0.545. The maximum atomic E-state index is 11.5. The molecule has 1 heterocycles. The van der Waals surface area contributed by atoms with Gasteiger partial charge in [-0.05, 0) is 19.1 Å². The van der Waals surface area contributed by atoms with Crippen molar-refractivity contribution < 1.29 is 14.3 Å². The van der Waals surface area contributed by atoms with Gasteiger partial charge in [-0.25, -0.2) is 4.79 Å². The van der Waals surface area contributed by atoms with Crippen LogP contribution in [0.4, 0.5) is 0 Å². The quantitative estimate of drug-likeness (QED) is 0.394. The van der Waals surface area contributed by atoms with Gasteiger partial charge in [-0.2, -0.15) is 4.74 Å². The molecule has 0 saturated heterocycles. The number of cyclic esters (lactones) is 1. The van der Waals surface area contributed by atoms with Gasteiger partial charge in [0.15, 0.2) is 0 Å². The molecule has 1 atom stereocenters. The van der Waals surface area contributed by atoms with E-state index in [0.717, 1.165) is 11.8 Å². The Morgan fingerprint density at radius 1 is 1.33 bits per heavy atom. The number of esters is 1. The van der Waals surface area contributed by atoms with Crippen LogP contribution in [0.3, 0.4) is 0 Å². The molecule has 1 unspecified atom stereocenters. The van der Waals surface area contributed by atoms with Crippen LogP contribution in [0.5, 0.6) is 0 Å². The fourth-order valence-electron chi connectivity index (χ4n) is 1.54. The van der Waals surface area contributed by atoms with Gasteiger partial charge in [0, 0.05) is 6.92 Å². The fraction of sp³-hybridized carbons (Fsp3) is 0.273. The predicted molar refractivity (Wildman–Crippen MR) is 54.3 cm³/mol. The molecular formula is C11H11NO3. The lowest BCUT2D eigenvalue weighted by atomic mass is 10.0. The number of rotatable bonds is 1. The molecule has 2 rings (SSSR count). The number of hydrogen-bond donors (Lipinski definition) is 0. The smallest absolute Gasteiger partial charge is 0.402 e. The molecule has 78 valence electrons. The molecule has 1 aromatic rings. The van der Waals surface area contributed by atoms with Crippen molar-refractivity contribution in [3.05, 3.63) is 40.6 Å². The molecular weight excluding hydrogens is 194 g/mol. The zero-order valence-corrected chi connectivity index (χ0v) is 8.56. The van der Waals surface area contributed by atoms with Crippen LogP contribution in [0.1, 0.15) is 18.1 Å². The van der Waals surface area contributed by atoms with Crippen molar-refractivity contribution in [2.24, 2.45) is 0 Å². The Hall–Kier alpha value is -1.84. The van der Waals surface area contributed by atoms with Crippen LogP contribution < -0.4 is 0 Å². The lowest BCUT2D eigenvalue weighted by Crippen LogP contribution is -2.31. The van der Waals surface area contributed by atoms with Gasteiger partial charge in [0.25, 0.3) is 6.21 Å². The largest absolute Gasteiger partial charge is 0.620 e. The normalized spacial score (nSPS) is 24.9. The van der Waals surface area contributed by atoms with Gasteiger partial charge in [0.1, 0.15) is 0 Å². The van der Waals surface area contributed by atoms with E-state index in [1.165, 1.54) is 0 Å². The third kappa shape index (κ3) is 1.48. The first-order chi connectivity index (χ1) is 7.02. The minimum Gasteiger partial charge on any atom is -0.620 e. The summed E-state index contributed by atoms with van der Waals surface area (Å²) in [5.74, 6) is -0.604. The highest BCUT2D eigenvalue weighted by atomic mass is 16.6. The Balaban J connectivity index is 2.43. The highest BCUT2D eigenvalue weighted by Gasteiger charge is 2.45. The Labute approximate surface area is 87.4 Å². The van der Waals surface area contributed by atoms with Gasteiger partial charge in [-0.3, -0.25) is 0 Å². The van der Waals surface area contributed by atoms with Crippen molar-refractivity contribution in [1.82, 2.24) is 0 Å². The van der Waals surface area contributed by atoms with E-state index in [-0.39, 0.29) is 0 Å². The highest BCUT2D eigenvalue weighted by Crippen LogP contribution is 2.29. The number of aryl methyl sites for hydroxylation is 1. The van der Waals surface area contributed by atoms with Gasteiger partial charge in [0.05, 0.1) is 5.56 Å². The van der Waals surface area contributed by atoms with Crippen molar-refractivity contribution in [3.8, 4) is 0 Å². The van der Waals surface area contributed by atoms with Crippen LogP contribution in [0, 0.1) is 12.1 Å². The third-order valence-electron chi connectivity index (χ3n) is 2.53.